The third kappa shape index (κ3) is 13.6. The molecule has 2 aliphatic rings. The highest BCUT2D eigenvalue weighted by Gasteiger charge is 2.33. The molecule has 8 rings (SSSR count). The molecular formula is C50H48N10O11. The Morgan fingerprint density at radius 1 is 0.662 bits per heavy atom. The van der Waals surface area contributed by atoms with Gasteiger partial charge in [0.25, 0.3) is 29.5 Å². The van der Waals surface area contributed by atoms with Crippen LogP contribution in [0.25, 0.3) is 0 Å². The lowest BCUT2D eigenvalue weighted by molar-refractivity contribution is -0.121. The van der Waals surface area contributed by atoms with E-state index in [0.29, 0.717) is 65.8 Å². The third-order valence-corrected chi connectivity index (χ3v) is 10.6. The second-order valence-electron chi connectivity index (χ2n) is 15.7. The number of benzene rings is 4. The van der Waals surface area contributed by atoms with Gasteiger partial charge in [0.1, 0.15) is 48.3 Å². The molecule has 71 heavy (non-hydrogen) atoms. The Morgan fingerprint density at radius 3 is 1.54 bits per heavy atom. The molecule has 21 heteroatoms. The number of aromatic nitrogens is 2. The number of amides is 5. The van der Waals surface area contributed by atoms with E-state index in [1.54, 1.807) is 25.2 Å². The summed E-state index contributed by atoms with van der Waals surface area (Å²) in [4.78, 5) is 77.4. The van der Waals surface area contributed by atoms with Crippen molar-refractivity contribution >= 4 is 46.9 Å². The molecule has 4 aromatic carbocycles. The minimum Gasteiger partial charge on any atom is -0.489 e. The highest BCUT2D eigenvalue weighted by molar-refractivity contribution is 6.05. The number of nitrogens with one attached hydrogen (secondary N) is 3. The molecule has 2 aliphatic heterocycles. The molecule has 0 unspecified atom stereocenters. The summed E-state index contributed by atoms with van der Waals surface area (Å²) in [5.41, 5.74) is 8.11. The molecule has 21 nitrogen and oxygen atoms in total. The Labute approximate surface area is 406 Å². The summed E-state index contributed by atoms with van der Waals surface area (Å²) < 4.78 is 21.9. The topological polar surface area (TPSA) is 309 Å². The van der Waals surface area contributed by atoms with Crippen LogP contribution in [0.2, 0.25) is 0 Å². The number of rotatable bonds is 13. The Bertz CT molecular complexity index is 2940. The first-order chi connectivity index (χ1) is 34.3. The predicted molar refractivity (Wildman–Crippen MR) is 254 cm³/mol. The largest absolute Gasteiger partial charge is 0.489 e. The van der Waals surface area contributed by atoms with E-state index in [1.807, 2.05) is 72.8 Å². The maximum atomic E-state index is 13.1. The van der Waals surface area contributed by atoms with Crippen molar-refractivity contribution in [3.8, 4) is 23.6 Å². The molecule has 5 amide bonds. The summed E-state index contributed by atoms with van der Waals surface area (Å²) in [5, 5.41) is 41.1. The number of likely N-dealkylation sites (N-methyl/N-ethyl adjacent to an activating group) is 2. The summed E-state index contributed by atoms with van der Waals surface area (Å²) in [6, 6.07) is 33.1. The number of nitrogens with zero attached hydrogens (tertiary/aromatic N) is 6. The standard InChI is InChI=1S/C25H23N5O5.C22H19N3O6.C3H6N2/c1-30-21-13-17(23(31)27-11-5-10-26)8-9-22(21)34-15-20(25(30)33)28-24(32)19-14-18(35-29-19)12-16-6-3-2-4-7-16;1-25-18-10-14(22(28)29)7-8-19(18)30-12-17(21(25)27)23-20(26)16-11-15(31-24-16)9-13-5-3-2-4-6-13;4-2-1-3-5/h2-4,6-9,13-14,20H,5,11-12,15H2,1H3,(H,27,31)(H,28,32);2-8,10-11,17H,9,12H2,1H3,(H,23,26)(H,28,29);1-2,4H2/t20-;17-;/m00./s1. The molecule has 364 valence electrons. The predicted octanol–water partition coefficient (Wildman–Crippen LogP) is 4.04. The van der Waals surface area contributed by atoms with Crippen molar-refractivity contribution in [1.82, 2.24) is 26.3 Å². The molecule has 0 radical (unpaired) electrons. The number of hydrogen-bond donors (Lipinski definition) is 5. The fourth-order valence-corrected chi connectivity index (χ4v) is 6.94. The number of aromatic carboxylic acids is 1. The monoisotopic (exact) mass is 964 g/mol. The van der Waals surface area contributed by atoms with Gasteiger partial charge in [-0.1, -0.05) is 71.0 Å². The van der Waals surface area contributed by atoms with Crippen LogP contribution < -0.4 is 41.0 Å². The summed E-state index contributed by atoms with van der Waals surface area (Å²) in [5.74, 6) is -1.68. The molecule has 0 fully saturated rings. The van der Waals surface area contributed by atoms with E-state index in [1.165, 1.54) is 47.2 Å². The minimum atomic E-state index is -1.12. The minimum absolute atomic E-state index is 0.0260. The Kier molecular flexibility index (Phi) is 17.7. The molecule has 4 heterocycles. The summed E-state index contributed by atoms with van der Waals surface area (Å²) >= 11 is 0. The molecule has 0 saturated carbocycles. The molecule has 2 aromatic heterocycles. The zero-order valence-corrected chi connectivity index (χ0v) is 38.5. The van der Waals surface area contributed by atoms with Crippen molar-refractivity contribution in [1.29, 1.82) is 10.5 Å². The molecule has 0 aliphatic carbocycles. The van der Waals surface area contributed by atoms with Gasteiger partial charge in [-0.15, -0.1) is 0 Å². The lowest BCUT2D eigenvalue weighted by Crippen LogP contribution is -2.49. The molecule has 6 N–H and O–H groups in total. The van der Waals surface area contributed by atoms with Crippen molar-refractivity contribution in [3.63, 3.8) is 0 Å². The number of carbonyl (C=O) groups is 6. The fourth-order valence-electron chi connectivity index (χ4n) is 6.94. The average molecular weight is 965 g/mol. The summed E-state index contributed by atoms with van der Waals surface area (Å²) in [7, 11) is 3.04. The van der Waals surface area contributed by atoms with E-state index in [2.05, 4.69) is 26.3 Å². The lowest BCUT2D eigenvalue weighted by Gasteiger charge is -2.20. The van der Waals surface area contributed by atoms with Crippen LogP contribution in [0.15, 0.2) is 118 Å². The molecule has 0 spiro atoms. The Balaban J connectivity index is 0.000000213. The molecule has 2 atom stereocenters. The first-order valence-corrected chi connectivity index (χ1v) is 21.9. The second-order valence-corrected chi connectivity index (χ2v) is 15.7. The fraction of sp³-hybridized carbons (Fsp3) is 0.240. The Morgan fingerprint density at radius 2 is 1.11 bits per heavy atom. The lowest BCUT2D eigenvalue weighted by atomic mass is 10.1. The number of carbonyl (C=O) groups excluding carboxylic acids is 5. The SMILES string of the molecule is CN1C(=O)[C@@H](NC(=O)c2cc(Cc3ccccc3)on2)COc2ccc(C(=O)NCCC#N)cc21.CN1C(=O)[C@@H](NC(=O)c2cc(Cc3ccccc3)on2)COc2ccc(C(=O)O)cc21.N#CCCN. The van der Waals surface area contributed by atoms with Gasteiger partial charge in [0.15, 0.2) is 11.4 Å². The van der Waals surface area contributed by atoms with Crippen molar-refractivity contribution in [2.75, 3.05) is 50.2 Å². The van der Waals surface area contributed by atoms with Gasteiger partial charge < -0.3 is 55.1 Å². The van der Waals surface area contributed by atoms with Gasteiger partial charge in [-0.2, -0.15) is 10.5 Å². The molecule has 6 aromatic rings. The summed E-state index contributed by atoms with van der Waals surface area (Å²) in [6.45, 7) is 0.505. The van der Waals surface area contributed by atoms with Gasteiger partial charge in [-0.05, 0) is 47.5 Å². The number of nitrogens with two attached hydrogens (primary N) is 1. The van der Waals surface area contributed by atoms with Crippen LogP contribution in [-0.2, 0) is 22.4 Å². The van der Waals surface area contributed by atoms with Crippen LogP contribution >= 0.6 is 0 Å². The maximum Gasteiger partial charge on any atom is 0.335 e. The number of nitriles is 2. The first kappa shape index (κ1) is 51.1. The molecule has 0 saturated heterocycles. The highest BCUT2D eigenvalue weighted by Crippen LogP contribution is 2.33. The van der Waals surface area contributed by atoms with Crippen LogP contribution in [0.1, 0.15) is 77.2 Å². The smallest absolute Gasteiger partial charge is 0.335 e. The second kappa shape index (κ2) is 24.6. The van der Waals surface area contributed by atoms with Gasteiger partial charge in [-0.3, -0.25) is 24.0 Å². The first-order valence-electron chi connectivity index (χ1n) is 21.9. The van der Waals surface area contributed by atoms with Crippen LogP contribution in [0.5, 0.6) is 11.5 Å². The van der Waals surface area contributed by atoms with Crippen molar-refractivity contribution in [3.05, 3.63) is 154 Å². The summed E-state index contributed by atoms with van der Waals surface area (Å²) in [6.07, 6.45) is 1.63. The van der Waals surface area contributed by atoms with E-state index in [9.17, 15) is 33.9 Å². The van der Waals surface area contributed by atoms with Crippen LogP contribution in [0, 0.1) is 22.7 Å². The van der Waals surface area contributed by atoms with Crippen molar-refractivity contribution < 1.29 is 52.4 Å². The van der Waals surface area contributed by atoms with Crippen LogP contribution in [0.4, 0.5) is 11.4 Å². The zero-order valence-electron chi connectivity index (χ0n) is 38.5. The molecule has 0 bridgehead atoms. The van der Waals surface area contributed by atoms with Gasteiger partial charge in [0.2, 0.25) is 0 Å². The molecular weight excluding hydrogens is 917 g/mol. The number of anilines is 2. The van der Waals surface area contributed by atoms with Crippen molar-refractivity contribution in [2.45, 2.75) is 37.8 Å². The number of hydrogen-bond acceptors (Lipinski definition) is 15. The van der Waals surface area contributed by atoms with E-state index >= 15 is 0 Å². The number of carboxylic acid groups (broad SMARTS) is 1. The number of carboxylic acids is 1. The number of ether oxygens (including phenoxy) is 2. The van der Waals surface area contributed by atoms with Gasteiger partial charge in [0, 0.05) is 64.1 Å². The average Bonchev–Trinajstić information content (AvgIpc) is 4.02. The van der Waals surface area contributed by atoms with Crippen LogP contribution in [0.3, 0.4) is 0 Å². The van der Waals surface area contributed by atoms with E-state index in [4.69, 9.17) is 34.8 Å². The van der Waals surface area contributed by atoms with Gasteiger partial charge in [0.05, 0.1) is 35.5 Å². The number of fused-ring (bicyclic) bond motifs is 2. The highest BCUT2D eigenvalue weighted by atomic mass is 16.5. The van der Waals surface area contributed by atoms with E-state index in [0.717, 1.165) is 11.1 Å². The zero-order chi connectivity index (χ0) is 50.9. The van der Waals surface area contributed by atoms with Crippen molar-refractivity contribution in [2.24, 2.45) is 5.73 Å². The third-order valence-electron chi connectivity index (χ3n) is 10.6. The Hall–Kier alpha value is -9.34. The van der Waals surface area contributed by atoms with E-state index in [-0.39, 0.29) is 49.0 Å². The normalized spacial score (nSPS) is 14.5. The van der Waals surface area contributed by atoms with E-state index < -0.39 is 41.7 Å². The van der Waals surface area contributed by atoms with Crippen LogP contribution in [-0.4, -0.2) is 103 Å². The van der Waals surface area contributed by atoms with Gasteiger partial charge in [-0.25, -0.2) is 4.79 Å². The van der Waals surface area contributed by atoms with Gasteiger partial charge >= 0.3 is 5.97 Å². The quantitative estimate of drug-likeness (QED) is 0.102. The maximum absolute atomic E-state index is 13.1.